The summed E-state index contributed by atoms with van der Waals surface area (Å²) >= 11 is 1.58. The molecule has 0 unspecified atom stereocenters. The van der Waals surface area contributed by atoms with Crippen LogP contribution in [0.1, 0.15) is 62.6 Å². The first-order valence-electron chi connectivity index (χ1n) is 15.8. The van der Waals surface area contributed by atoms with Gasteiger partial charge >= 0.3 is 0 Å². The molecule has 2 aromatic heterocycles. The number of amides is 2. The van der Waals surface area contributed by atoms with Crippen LogP contribution in [0.5, 0.6) is 11.6 Å². The molecule has 13 heteroatoms. The summed E-state index contributed by atoms with van der Waals surface area (Å²) in [6, 6.07) is 6.70. The molecule has 46 heavy (non-hydrogen) atoms. The zero-order valence-electron chi connectivity index (χ0n) is 27.7. The molecule has 3 heterocycles. The summed E-state index contributed by atoms with van der Waals surface area (Å²) in [5.74, 6) is 0.330. The SMILES string of the molecule is CNCCOCCOCCOc1cc([C@@H](C(=O)N2CCC[C@H]2C(=O)N[C@@H](C)c2ccc(-c3scnc3C)cc2OC)C(C)C)on1. The molecule has 0 spiro atoms. The molecule has 252 valence electrons. The Hall–Kier alpha value is -3.52. The van der Waals surface area contributed by atoms with E-state index in [0.29, 0.717) is 50.9 Å². The topological polar surface area (TPSA) is 137 Å². The Balaban J connectivity index is 1.34. The molecule has 3 aromatic rings. The molecule has 1 aliphatic rings. The summed E-state index contributed by atoms with van der Waals surface area (Å²) in [6.45, 7) is 11.4. The lowest BCUT2D eigenvalue weighted by Crippen LogP contribution is -2.48. The maximum absolute atomic E-state index is 13.9. The molecule has 1 fully saturated rings. The second kappa shape index (κ2) is 17.4. The van der Waals surface area contributed by atoms with Gasteiger partial charge < -0.3 is 39.0 Å². The molecule has 1 saturated heterocycles. The lowest BCUT2D eigenvalue weighted by molar-refractivity contribution is -0.141. The number of aryl methyl sites for hydroxylation is 1. The molecule has 2 N–H and O–H groups in total. The van der Waals surface area contributed by atoms with Crippen molar-refractivity contribution in [1.29, 1.82) is 0 Å². The standard InChI is InChI=1S/C33H47N5O7S/c1-21(2)30(28-19-29(37-45-28)44-17-16-43-15-14-42-13-11-34-5)33(40)38-12-7-8-26(38)32(39)36-22(3)25-10-9-24(18-27(25)41-6)31-23(4)35-20-46-31/h9-10,18-22,26,30,34H,7-8,11-17H2,1-6H3,(H,36,39)/t22-,26-,30-/m0/s1. The van der Waals surface area contributed by atoms with Crippen LogP contribution >= 0.6 is 11.3 Å². The van der Waals surface area contributed by atoms with E-state index in [1.807, 2.05) is 58.5 Å². The minimum Gasteiger partial charge on any atom is -0.496 e. The van der Waals surface area contributed by atoms with Gasteiger partial charge in [-0.2, -0.15) is 0 Å². The molecule has 0 aliphatic carbocycles. The predicted molar refractivity (Wildman–Crippen MR) is 175 cm³/mol. The van der Waals surface area contributed by atoms with E-state index in [-0.39, 0.29) is 36.3 Å². The lowest BCUT2D eigenvalue weighted by Gasteiger charge is -2.30. The van der Waals surface area contributed by atoms with Crippen LogP contribution in [0.25, 0.3) is 10.4 Å². The molecule has 1 aliphatic heterocycles. The van der Waals surface area contributed by atoms with E-state index in [2.05, 4.69) is 20.8 Å². The highest BCUT2D eigenvalue weighted by molar-refractivity contribution is 7.13. The van der Waals surface area contributed by atoms with Crippen LogP contribution in [0.3, 0.4) is 0 Å². The van der Waals surface area contributed by atoms with Crippen LogP contribution in [0, 0.1) is 12.8 Å². The maximum Gasteiger partial charge on any atom is 0.254 e. The molecule has 0 saturated carbocycles. The fourth-order valence-corrected chi connectivity index (χ4v) is 6.38. The van der Waals surface area contributed by atoms with E-state index < -0.39 is 12.0 Å². The summed E-state index contributed by atoms with van der Waals surface area (Å²) in [6.07, 6.45) is 1.32. The van der Waals surface area contributed by atoms with Crippen molar-refractivity contribution < 1.29 is 33.1 Å². The Kier molecular flexibility index (Phi) is 13.4. The minimum atomic E-state index is -0.607. The third-order valence-corrected chi connectivity index (χ3v) is 8.97. The summed E-state index contributed by atoms with van der Waals surface area (Å²) in [5.41, 5.74) is 4.66. The molecule has 4 rings (SSSR count). The smallest absolute Gasteiger partial charge is 0.254 e. The predicted octanol–water partition coefficient (Wildman–Crippen LogP) is 4.35. The van der Waals surface area contributed by atoms with Crippen molar-refractivity contribution in [2.45, 2.75) is 58.5 Å². The first-order chi connectivity index (χ1) is 22.2. The van der Waals surface area contributed by atoms with E-state index in [0.717, 1.165) is 34.7 Å². The number of hydrogen-bond acceptors (Lipinski definition) is 11. The van der Waals surface area contributed by atoms with Crippen molar-refractivity contribution in [3.63, 3.8) is 0 Å². The van der Waals surface area contributed by atoms with Crippen LogP contribution in [0.4, 0.5) is 0 Å². The largest absolute Gasteiger partial charge is 0.496 e. The van der Waals surface area contributed by atoms with Crippen LogP contribution in [-0.2, 0) is 19.1 Å². The van der Waals surface area contributed by atoms with E-state index in [4.69, 9.17) is 23.5 Å². The molecule has 0 radical (unpaired) electrons. The molecule has 0 bridgehead atoms. The number of nitrogens with zero attached hydrogens (tertiary/aromatic N) is 3. The van der Waals surface area contributed by atoms with Gasteiger partial charge in [0.1, 0.15) is 24.3 Å². The highest BCUT2D eigenvalue weighted by atomic mass is 32.1. The third kappa shape index (κ3) is 9.05. The van der Waals surface area contributed by atoms with Gasteiger partial charge in [-0.1, -0.05) is 26.0 Å². The summed E-state index contributed by atoms with van der Waals surface area (Å²) in [4.78, 5) is 34.6. The van der Waals surface area contributed by atoms with Crippen LogP contribution in [0.2, 0.25) is 0 Å². The number of carbonyl (C=O) groups excluding carboxylic acids is 2. The fraction of sp³-hybridized carbons (Fsp3) is 0.576. The number of thiazole rings is 1. The zero-order valence-corrected chi connectivity index (χ0v) is 28.5. The number of hydrogen-bond donors (Lipinski definition) is 2. The van der Waals surface area contributed by atoms with Crippen molar-refractivity contribution >= 4 is 23.2 Å². The molecule has 2 amide bonds. The Morgan fingerprint density at radius 1 is 1.11 bits per heavy atom. The van der Waals surface area contributed by atoms with Crippen molar-refractivity contribution in [2.24, 2.45) is 5.92 Å². The number of ether oxygens (including phenoxy) is 4. The molecule has 3 atom stereocenters. The van der Waals surface area contributed by atoms with Crippen molar-refractivity contribution in [3.8, 4) is 22.1 Å². The monoisotopic (exact) mass is 657 g/mol. The van der Waals surface area contributed by atoms with Gasteiger partial charge in [0.25, 0.3) is 5.88 Å². The van der Waals surface area contributed by atoms with Gasteiger partial charge in [0.05, 0.1) is 55.7 Å². The first-order valence-corrected chi connectivity index (χ1v) is 16.7. The summed E-state index contributed by atoms with van der Waals surface area (Å²) in [7, 11) is 3.50. The van der Waals surface area contributed by atoms with Gasteiger partial charge in [-0.25, -0.2) is 4.98 Å². The highest BCUT2D eigenvalue weighted by Gasteiger charge is 2.40. The third-order valence-electron chi connectivity index (χ3n) is 8.00. The van der Waals surface area contributed by atoms with Gasteiger partial charge in [0.15, 0.2) is 5.76 Å². The van der Waals surface area contributed by atoms with Crippen molar-refractivity contribution in [1.82, 2.24) is 25.7 Å². The minimum absolute atomic E-state index is 0.0901. The lowest BCUT2D eigenvalue weighted by atomic mass is 9.91. The van der Waals surface area contributed by atoms with Crippen LogP contribution < -0.4 is 20.1 Å². The summed E-state index contributed by atoms with van der Waals surface area (Å²) < 4.78 is 27.9. The van der Waals surface area contributed by atoms with Gasteiger partial charge in [0.2, 0.25) is 11.8 Å². The average molecular weight is 658 g/mol. The Morgan fingerprint density at radius 2 is 1.87 bits per heavy atom. The highest BCUT2D eigenvalue weighted by Crippen LogP contribution is 2.35. The van der Waals surface area contributed by atoms with E-state index in [1.165, 1.54) is 0 Å². The van der Waals surface area contributed by atoms with E-state index >= 15 is 0 Å². The van der Waals surface area contributed by atoms with E-state index in [9.17, 15) is 9.59 Å². The zero-order chi connectivity index (χ0) is 33.1. The number of rotatable bonds is 18. The number of methoxy groups -OCH3 is 1. The van der Waals surface area contributed by atoms with Crippen LogP contribution in [-0.4, -0.2) is 93.2 Å². The normalized spacial score (nSPS) is 16.1. The first kappa shape index (κ1) is 35.3. The molecule has 1 aromatic carbocycles. The van der Waals surface area contributed by atoms with Gasteiger partial charge in [-0.15, -0.1) is 11.3 Å². The molecule has 12 nitrogen and oxygen atoms in total. The molecular weight excluding hydrogens is 610 g/mol. The number of benzene rings is 1. The second-order valence-corrected chi connectivity index (χ2v) is 12.5. The second-order valence-electron chi connectivity index (χ2n) is 11.6. The van der Waals surface area contributed by atoms with E-state index in [1.54, 1.807) is 29.4 Å². The van der Waals surface area contributed by atoms with Gasteiger partial charge in [0, 0.05) is 24.7 Å². The number of likely N-dealkylation sites (N-methyl/N-ethyl adjacent to an activating group) is 1. The number of aromatic nitrogens is 2. The number of nitrogens with one attached hydrogen (secondary N) is 2. The number of likely N-dealkylation sites (tertiary alicyclic amines) is 1. The Bertz CT molecular complexity index is 1410. The van der Waals surface area contributed by atoms with Crippen molar-refractivity contribution in [2.75, 3.05) is 60.3 Å². The fourth-order valence-electron chi connectivity index (χ4n) is 5.58. The maximum atomic E-state index is 13.9. The van der Waals surface area contributed by atoms with Gasteiger partial charge in [-0.3, -0.25) is 9.59 Å². The van der Waals surface area contributed by atoms with Crippen LogP contribution in [0.15, 0.2) is 34.3 Å². The average Bonchev–Trinajstić information content (AvgIpc) is 3.81. The Morgan fingerprint density at radius 3 is 2.57 bits per heavy atom. The van der Waals surface area contributed by atoms with Crippen molar-refractivity contribution in [3.05, 3.63) is 46.8 Å². The number of carbonyl (C=O) groups is 2. The van der Waals surface area contributed by atoms with Gasteiger partial charge in [-0.05, 0) is 56.4 Å². The Labute approximate surface area is 275 Å². The quantitative estimate of drug-likeness (QED) is 0.190. The summed E-state index contributed by atoms with van der Waals surface area (Å²) in [5, 5.41) is 10.2. The molecular formula is C33H47N5O7S.